The molecule has 1 N–H and O–H groups in total. The Bertz CT molecular complexity index is 959. The average molecular weight is 436 g/mol. The van der Waals surface area contributed by atoms with E-state index in [1.54, 1.807) is 24.3 Å². The lowest BCUT2D eigenvalue weighted by atomic mass is 10.2. The third-order valence-corrected chi connectivity index (χ3v) is 6.21. The van der Waals surface area contributed by atoms with Gasteiger partial charge in [0.05, 0.1) is 24.8 Å². The van der Waals surface area contributed by atoms with Gasteiger partial charge in [0.1, 0.15) is 18.0 Å². The van der Waals surface area contributed by atoms with Crippen molar-refractivity contribution in [3.05, 3.63) is 48.0 Å². The van der Waals surface area contributed by atoms with Gasteiger partial charge in [-0.15, -0.1) is 0 Å². The molecule has 30 heavy (non-hydrogen) atoms. The number of amides is 1. The Labute approximate surface area is 178 Å². The van der Waals surface area contributed by atoms with Crippen LogP contribution in [0.1, 0.15) is 5.56 Å². The number of methoxy groups -OCH3 is 2. The van der Waals surface area contributed by atoms with Crippen LogP contribution >= 0.6 is 0 Å². The highest BCUT2D eigenvalue weighted by atomic mass is 32.2. The Kier molecular flexibility index (Phi) is 8.08. The van der Waals surface area contributed by atoms with Gasteiger partial charge < -0.3 is 19.7 Å². The zero-order valence-electron chi connectivity index (χ0n) is 18.0. The molecule has 0 atom stereocenters. The first-order valence-corrected chi connectivity index (χ1v) is 10.9. The molecular weight excluding hydrogens is 406 g/mol. The Morgan fingerprint density at radius 1 is 1.03 bits per heavy atom. The molecule has 9 heteroatoms. The van der Waals surface area contributed by atoms with Crippen LogP contribution in [0.15, 0.2) is 47.4 Å². The van der Waals surface area contributed by atoms with E-state index in [0.29, 0.717) is 24.6 Å². The molecule has 0 aromatic heterocycles. The van der Waals surface area contributed by atoms with Crippen molar-refractivity contribution in [3.8, 4) is 11.5 Å². The van der Waals surface area contributed by atoms with Gasteiger partial charge in [-0.05, 0) is 45.3 Å². The number of rotatable bonds is 10. The number of aryl methyl sites for hydroxylation is 1. The molecule has 0 fully saturated rings. The second-order valence-corrected chi connectivity index (χ2v) is 8.88. The van der Waals surface area contributed by atoms with Crippen LogP contribution in [0.5, 0.6) is 11.5 Å². The molecule has 2 aromatic rings. The summed E-state index contributed by atoms with van der Waals surface area (Å²) in [6.45, 7) is 2.52. The molecule has 1 amide bonds. The van der Waals surface area contributed by atoms with Crippen molar-refractivity contribution >= 4 is 21.6 Å². The second-order valence-electron chi connectivity index (χ2n) is 7.02. The van der Waals surface area contributed by atoms with Crippen LogP contribution in [0.3, 0.4) is 0 Å². The van der Waals surface area contributed by atoms with Gasteiger partial charge in [0.15, 0.2) is 0 Å². The van der Waals surface area contributed by atoms with Gasteiger partial charge in [0, 0.05) is 19.2 Å². The fraction of sp³-hybridized carbons (Fsp3) is 0.381. The zero-order valence-corrected chi connectivity index (χ0v) is 18.8. The predicted octanol–water partition coefficient (Wildman–Crippen LogP) is 1.89. The quantitative estimate of drug-likeness (QED) is 0.613. The van der Waals surface area contributed by atoms with Gasteiger partial charge in [-0.25, -0.2) is 8.42 Å². The average Bonchev–Trinajstić information content (AvgIpc) is 2.71. The summed E-state index contributed by atoms with van der Waals surface area (Å²) in [6.07, 6.45) is 0. The van der Waals surface area contributed by atoms with Crippen molar-refractivity contribution in [2.45, 2.75) is 11.8 Å². The van der Waals surface area contributed by atoms with E-state index in [-0.39, 0.29) is 10.6 Å². The number of nitrogens with one attached hydrogen (secondary N) is 1. The van der Waals surface area contributed by atoms with Gasteiger partial charge in [-0.2, -0.15) is 0 Å². The lowest BCUT2D eigenvalue weighted by molar-refractivity contribution is -0.119. The number of anilines is 1. The van der Waals surface area contributed by atoms with Crippen LogP contribution in [0.2, 0.25) is 0 Å². The van der Waals surface area contributed by atoms with Crippen molar-refractivity contribution in [1.82, 2.24) is 10.2 Å². The molecule has 0 unspecified atom stereocenters. The van der Waals surface area contributed by atoms with Crippen LogP contribution in [0.25, 0.3) is 0 Å². The number of carbonyl (C=O) groups excluding carboxylic acids is 1. The van der Waals surface area contributed by atoms with E-state index in [1.807, 2.05) is 25.9 Å². The molecule has 0 bridgehead atoms. The van der Waals surface area contributed by atoms with E-state index in [1.165, 1.54) is 32.4 Å². The maximum atomic E-state index is 13.5. The molecule has 0 heterocycles. The lowest BCUT2D eigenvalue weighted by Crippen LogP contribution is -2.42. The van der Waals surface area contributed by atoms with Gasteiger partial charge in [0.25, 0.3) is 10.0 Å². The SMILES string of the molecule is COc1ccc(OC)c(N(CC(=O)NCCN(C)C)S(=O)(=O)c2ccc(C)cc2)c1. The minimum Gasteiger partial charge on any atom is -0.497 e. The minimum atomic E-state index is -4.04. The first-order valence-electron chi connectivity index (χ1n) is 9.42. The van der Waals surface area contributed by atoms with Crippen LogP contribution in [-0.2, 0) is 14.8 Å². The fourth-order valence-electron chi connectivity index (χ4n) is 2.73. The van der Waals surface area contributed by atoms with E-state index >= 15 is 0 Å². The monoisotopic (exact) mass is 435 g/mol. The third kappa shape index (κ3) is 5.87. The third-order valence-electron chi connectivity index (χ3n) is 4.43. The zero-order chi connectivity index (χ0) is 22.3. The van der Waals surface area contributed by atoms with E-state index < -0.39 is 22.5 Å². The Morgan fingerprint density at radius 2 is 1.70 bits per heavy atom. The van der Waals surface area contributed by atoms with Crippen molar-refractivity contribution in [2.75, 3.05) is 52.3 Å². The number of ether oxygens (including phenoxy) is 2. The maximum Gasteiger partial charge on any atom is 0.264 e. The van der Waals surface area contributed by atoms with Crippen LogP contribution in [-0.4, -0.2) is 67.2 Å². The van der Waals surface area contributed by atoms with Crippen molar-refractivity contribution in [1.29, 1.82) is 0 Å². The van der Waals surface area contributed by atoms with Crippen molar-refractivity contribution in [2.24, 2.45) is 0 Å². The lowest BCUT2D eigenvalue weighted by Gasteiger charge is -2.26. The number of hydrogen-bond acceptors (Lipinski definition) is 6. The standard InChI is InChI=1S/C21H29N3O5S/c1-16-6-9-18(10-7-16)30(26,27)24(15-21(25)22-12-13-23(2)3)19-14-17(28-4)8-11-20(19)29-5/h6-11,14H,12-13,15H2,1-5H3,(H,22,25). The summed E-state index contributed by atoms with van der Waals surface area (Å²) in [5, 5.41) is 2.75. The summed E-state index contributed by atoms with van der Waals surface area (Å²) in [4.78, 5) is 14.6. The number of carbonyl (C=O) groups is 1. The molecular formula is C21H29N3O5S. The number of nitrogens with zero attached hydrogens (tertiary/aromatic N) is 2. The Balaban J connectivity index is 2.47. The van der Waals surface area contributed by atoms with Crippen LogP contribution in [0, 0.1) is 6.92 Å². The molecule has 2 aromatic carbocycles. The summed E-state index contributed by atoms with van der Waals surface area (Å²) < 4.78 is 38.6. The summed E-state index contributed by atoms with van der Waals surface area (Å²) >= 11 is 0. The first kappa shape index (κ1) is 23.5. The summed E-state index contributed by atoms with van der Waals surface area (Å²) in [5.74, 6) is 0.341. The molecule has 0 saturated carbocycles. The highest BCUT2D eigenvalue weighted by Crippen LogP contribution is 2.35. The van der Waals surface area contributed by atoms with Gasteiger partial charge in [-0.1, -0.05) is 17.7 Å². The highest BCUT2D eigenvalue weighted by molar-refractivity contribution is 7.92. The molecule has 0 spiro atoms. The largest absolute Gasteiger partial charge is 0.497 e. The van der Waals surface area contributed by atoms with E-state index in [4.69, 9.17) is 9.47 Å². The Hall–Kier alpha value is -2.78. The van der Waals surface area contributed by atoms with Gasteiger partial charge in [0.2, 0.25) is 5.91 Å². The van der Waals surface area contributed by atoms with Crippen molar-refractivity contribution < 1.29 is 22.7 Å². The molecule has 0 aliphatic heterocycles. The highest BCUT2D eigenvalue weighted by Gasteiger charge is 2.29. The number of likely N-dealkylation sites (N-methyl/N-ethyl adjacent to an activating group) is 1. The fourth-order valence-corrected chi connectivity index (χ4v) is 4.16. The topological polar surface area (TPSA) is 88.2 Å². The smallest absolute Gasteiger partial charge is 0.264 e. The van der Waals surface area contributed by atoms with Crippen LogP contribution < -0.4 is 19.1 Å². The first-order chi connectivity index (χ1) is 14.2. The van der Waals surface area contributed by atoms with E-state index in [0.717, 1.165) is 9.87 Å². The number of sulfonamides is 1. The summed E-state index contributed by atoms with van der Waals surface area (Å²) in [5.41, 5.74) is 1.15. The molecule has 0 aliphatic carbocycles. The minimum absolute atomic E-state index is 0.0825. The Morgan fingerprint density at radius 3 is 2.27 bits per heavy atom. The van der Waals surface area contributed by atoms with Crippen molar-refractivity contribution in [3.63, 3.8) is 0 Å². The summed E-state index contributed by atoms with van der Waals surface area (Å²) in [6, 6.07) is 11.3. The van der Waals surface area contributed by atoms with Gasteiger partial charge in [-0.3, -0.25) is 9.10 Å². The van der Waals surface area contributed by atoms with Crippen LogP contribution in [0.4, 0.5) is 5.69 Å². The van der Waals surface area contributed by atoms with E-state index in [2.05, 4.69) is 5.32 Å². The maximum absolute atomic E-state index is 13.5. The second kappa shape index (κ2) is 10.3. The normalized spacial score (nSPS) is 11.3. The molecule has 0 saturated heterocycles. The molecule has 164 valence electrons. The summed E-state index contributed by atoms with van der Waals surface area (Å²) in [7, 11) is 2.67. The number of hydrogen-bond donors (Lipinski definition) is 1. The predicted molar refractivity (Wildman–Crippen MR) is 117 cm³/mol. The van der Waals surface area contributed by atoms with Gasteiger partial charge >= 0.3 is 0 Å². The molecule has 2 rings (SSSR count). The molecule has 0 aliphatic rings. The van der Waals surface area contributed by atoms with E-state index in [9.17, 15) is 13.2 Å². The molecule has 8 nitrogen and oxygen atoms in total. The molecule has 0 radical (unpaired) electrons. The number of benzene rings is 2.